The van der Waals surface area contributed by atoms with Gasteiger partial charge in [0, 0.05) is 12.2 Å². The number of hydrogen-bond donors (Lipinski definition) is 2. The third-order valence-electron chi connectivity index (χ3n) is 3.38. The Bertz CT molecular complexity index is 538. The van der Waals surface area contributed by atoms with Gasteiger partial charge in [0.1, 0.15) is 6.04 Å². The van der Waals surface area contributed by atoms with Gasteiger partial charge in [0.05, 0.1) is 25.3 Å². The second-order valence-electron chi connectivity index (χ2n) is 4.71. The van der Waals surface area contributed by atoms with Gasteiger partial charge in [-0.15, -0.1) is 0 Å². The first-order valence-electron chi connectivity index (χ1n) is 6.23. The maximum Gasteiger partial charge on any atom is 0.253 e. The van der Waals surface area contributed by atoms with Crippen LogP contribution in [0.25, 0.3) is 0 Å². The molecule has 0 spiro atoms. The van der Waals surface area contributed by atoms with Crippen molar-refractivity contribution in [3.05, 3.63) is 23.8 Å². The van der Waals surface area contributed by atoms with Crippen molar-refractivity contribution in [3.63, 3.8) is 0 Å². The van der Waals surface area contributed by atoms with Gasteiger partial charge in [0.25, 0.3) is 5.91 Å². The maximum atomic E-state index is 12.4. The van der Waals surface area contributed by atoms with E-state index in [0.29, 0.717) is 31.1 Å². The first-order chi connectivity index (χ1) is 9.16. The lowest BCUT2D eigenvalue weighted by Gasteiger charge is -2.26. The molecule has 0 radical (unpaired) electrons. The standard InChI is InChI=1S/C13H15N3O3/c14-9-1-2-11-8(5-9)6-12(17)16(11)13(18)10-7-19-4-3-15-10/h1-2,5,10,15H,3-4,6-7,14H2. The lowest BCUT2D eigenvalue weighted by atomic mass is 10.1. The molecule has 1 aromatic rings. The van der Waals surface area contributed by atoms with Crippen LogP contribution in [0, 0.1) is 0 Å². The number of nitrogens with one attached hydrogen (secondary N) is 1. The Morgan fingerprint density at radius 2 is 2.32 bits per heavy atom. The van der Waals surface area contributed by atoms with Crippen molar-refractivity contribution < 1.29 is 14.3 Å². The average molecular weight is 261 g/mol. The molecule has 6 heteroatoms. The van der Waals surface area contributed by atoms with Crippen LogP contribution in [0.2, 0.25) is 0 Å². The van der Waals surface area contributed by atoms with E-state index in [9.17, 15) is 9.59 Å². The maximum absolute atomic E-state index is 12.4. The van der Waals surface area contributed by atoms with E-state index in [2.05, 4.69) is 5.32 Å². The highest BCUT2D eigenvalue weighted by atomic mass is 16.5. The van der Waals surface area contributed by atoms with Crippen molar-refractivity contribution in [2.45, 2.75) is 12.5 Å². The Balaban J connectivity index is 1.89. The van der Waals surface area contributed by atoms with Gasteiger partial charge in [0.2, 0.25) is 5.91 Å². The summed E-state index contributed by atoms with van der Waals surface area (Å²) in [6.45, 7) is 1.50. The molecule has 6 nitrogen and oxygen atoms in total. The number of benzene rings is 1. The molecule has 1 atom stereocenters. The molecule has 0 aliphatic carbocycles. The number of morpholine rings is 1. The summed E-state index contributed by atoms with van der Waals surface area (Å²) in [4.78, 5) is 25.6. The number of nitrogen functional groups attached to an aromatic ring is 1. The molecule has 100 valence electrons. The van der Waals surface area contributed by atoms with E-state index in [4.69, 9.17) is 10.5 Å². The molecule has 3 rings (SSSR count). The molecule has 0 aromatic heterocycles. The highest BCUT2D eigenvalue weighted by Gasteiger charge is 2.36. The Morgan fingerprint density at radius 1 is 1.47 bits per heavy atom. The van der Waals surface area contributed by atoms with E-state index in [1.54, 1.807) is 18.2 Å². The Labute approximate surface area is 110 Å². The number of anilines is 2. The fraction of sp³-hybridized carbons (Fsp3) is 0.385. The first-order valence-corrected chi connectivity index (χ1v) is 6.23. The van der Waals surface area contributed by atoms with Crippen LogP contribution in [0.15, 0.2) is 18.2 Å². The predicted molar refractivity (Wildman–Crippen MR) is 69.7 cm³/mol. The minimum absolute atomic E-state index is 0.210. The van der Waals surface area contributed by atoms with Gasteiger partial charge in [0.15, 0.2) is 0 Å². The average Bonchev–Trinajstić information content (AvgIpc) is 2.74. The van der Waals surface area contributed by atoms with E-state index >= 15 is 0 Å². The summed E-state index contributed by atoms with van der Waals surface area (Å²) in [5, 5.41) is 3.07. The van der Waals surface area contributed by atoms with Crippen LogP contribution in [0.4, 0.5) is 11.4 Å². The normalized spacial score (nSPS) is 22.4. The lowest BCUT2D eigenvalue weighted by Crippen LogP contribution is -2.53. The van der Waals surface area contributed by atoms with Gasteiger partial charge in [-0.2, -0.15) is 0 Å². The zero-order valence-corrected chi connectivity index (χ0v) is 10.4. The zero-order chi connectivity index (χ0) is 13.4. The fourth-order valence-corrected chi connectivity index (χ4v) is 2.46. The third kappa shape index (κ3) is 2.09. The number of carbonyl (C=O) groups excluding carboxylic acids is 2. The smallest absolute Gasteiger partial charge is 0.253 e. The number of nitrogens with two attached hydrogens (primary N) is 1. The molecule has 3 N–H and O–H groups in total. The summed E-state index contributed by atoms with van der Waals surface area (Å²) >= 11 is 0. The highest BCUT2D eigenvalue weighted by Crippen LogP contribution is 2.31. The summed E-state index contributed by atoms with van der Waals surface area (Å²) in [5.74, 6) is -0.466. The van der Waals surface area contributed by atoms with Gasteiger partial charge in [-0.05, 0) is 23.8 Å². The molecule has 1 aromatic carbocycles. The molecule has 1 unspecified atom stereocenters. The summed E-state index contributed by atoms with van der Waals surface area (Å²) in [6, 6.07) is 4.70. The quantitative estimate of drug-likeness (QED) is 0.534. The molecular formula is C13H15N3O3. The zero-order valence-electron chi connectivity index (χ0n) is 10.4. The minimum Gasteiger partial charge on any atom is -0.399 e. The van der Waals surface area contributed by atoms with Crippen molar-refractivity contribution in [1.29, 1.82) is 0 Å². The molecule has 2 aliphatic rings. The number of nitrogens with zero attached hydrogens (tertiary/aromatic N) is 1. The van der Waals surface area contributed by atoms with Crippen LogP contribution in [-0.4, -0.2) is 37.6 Å². The molecule has 0 saturated carbocycles. The van der Waals surface area contributed by atoms with Crippen molar-refractivity contribution in [2.75, 3.05) is 30.4 Å². The third-order valence-corrected chi connectivity index (χ3v) is 3.38. The SMILES string of the molecule is Nc1ccc2c(c1)CC(=O)N2C(=O)C1COCCN1. The van der Waals surface area contributed by atoms with Gasteiger partial charge >= 0.3 is 0 Å². The van der Waals surface area contributed by atoms with Crippen LogP contribution >= 0.6 is 0 Å². The number of imide groups is 1. The number of fused-ring (bicyclic) bond motifs is 1. The van der Waals surface area contributed by atoms with E-state index in [1.165, 1.54) is 4.90 Å². The van der Waals surface area contributed by atoms with Gasteiger partial charge in [-0.25, -0.2) is 4.90 Å². The molecule has 2 amide bonds. The molecular weight excluding hydrogens is 246 g/mol. The van der Waals surface area contributed by atoms with Crippen LogP contribution in [-0.2, 0) is 20.7 Å². The number of hydrogen-bond acceptors (Lipinski definition) is 5. The van der Waals surface area contributed by atoms with Crippen molar-refractivity contribution >= 4 is 23.2 Å². The summed E-state index contributed by atoms with van der Waals surface area (Å²) < 4.78 is 5.26. The Kier molecular flexibility index (Phi) is 2.96. The second-order valence-corrected chi connectivity index (χ2v) is 4.71. The molecule has 0 bridgehead atoms. The number of rotatable bonds is 1. The highest BCUT2D eigenvalue weighted by molar-refractivity contribution is 6.20. The van der Waals surface area contributed by atoms with Crippen LogP contribution in [0.3, 0.4) is 0 Å². The monoisotopic (exact) mass is 261 g/mol. The number of amides is 2. The molecule has 2 aliphatic heterocycles. The summed E-state index contributed by atoms with van der Waals surface area (Å²) in [6.07, 6.45) is 0.222. The largest absolute Gasteiger partial charge is 0.399 e. The Morgan fingerprint density at radius 3 is 3.05 bits per heavy atom. The van der Waals surface area contributed by atoms with E-state index in [0.717, 1.165) is 5.56 Å². The summed E-state index contributed by atoms with van der Waals surface area (Å²) in [5.41, 5.74) is 7.73. The predicted octanol–water partition coefficient (Wildman–Crippen LogP) is -0.327. The van der Waals surface area contributed by atoms with Crippen molar-refractivity contribution in [2.24, 2.45) is 0 Å². The van der Waals surface area contributed by atoms with E-state index in [1.807, 2.05) is 0 Å². The molecule has 1 fully saturated rings. The number of ether oxygens (including phenoxy) is 1. The topological polar surface area (TPSA) is 84.7 Å². The molecule has 19 heavy (non-hydrogen) atoms. The Hall–Kier alpha value is -1.92. The van der Waals surface area contributed by atoms with Gasteiger partial charge in [-0.1, -0.05) is 0 Å². The van der Waals surface area contributed by atoms with E-state index < -0.39 is 6.04 Å². The fourth-order valence-electron chi connectivity index (χ4n) is 2.46. The van der Waals surface area contributed by atoms with Gasteiger partial charge < -0.3 is 15.8 Å². The summed E-state index contributed by atoms with van der Waals surface area (Å²) in [7, 11) is 0. The lowest BCUT2D eigenvalue weighted by molar-refractivity contribution is -0.128. The number of carbonyl (C=O) groups is 2. The van der Waals surface area contributed by atoms with Crippen LogP contribution in [0.5, 0.6) is 0 Å². The molecule has 1 saturated heterocycles. The van der Waals surface area contributed by atoms with Crippen molar-refractivity contribution in [1.82, 2.24) is 5.32 Å². The van der Waals surface area contributed by atoms with Crippen molar-refractivity contribution in [3.8, 4) is 0 Å². The van der Waals surface area contributed by atoms with Gasteiger partial charge in [-0.3, -0.25) is 9.59 Å². The van der Waals surface area contributed by atoms with Crippen LogP contribution < -0.4 is 16.0 Å². The molecule has 2 heterocycles. The van der Waals surface area contributed by atoms with E-state index in [-0.39, 0.29) is 18.2 Å². The second kappa shape index (κ2) is 4.64. The first kappa shape index (κ1) is 12.1. The van der Waals surface area contributed by atoms with Crippen LogP contribution in [0.1, 0.15) is 5.56 Å². The minimum atomic E-state index is -0.457.